The van der Waals surface area contributed by atoms with E-state index >= 15 is 0 Å². The SMILES string of the molecule is O=C1C[C@@H]([NH+]2CC[NH+](C3CCCCC3)CC2)C(=O)N1c1ccc(Cl)cc1. The Balaban J connectivity index is 1.39. The van der Waals surface area contributed by atoms with Crippen LogP contribution in [0.3, 0.4) is 0 Å². The maximum Gasteiger partial charge on any atom is 0.292 e. The number of anilines is 1. The third kappa shape index (κ3) is 3.53. The molecule has 1 saturated carbocycles. The molecule has 0 unspecified atom stereocenters. The van der Waals surface area contributed by atoms with Gasteiger partial charge in [-0.2, -0.15) is 0 Å². The van der Waals surface area contributed by atoms with Gasteiger partial charge in [-0.3, -0.25) is 9.59 Å². The molecule has 26 heavy (non-hydrogen) atoms. The van der Waals surface area contributed by atoms with E-state index in [-0.39, 0.29) is 17.9 Å². The van der Waals surface area contributed by atoms with Gasteiger partial charge < -0.3 is 9.80 Å². The lowest BCUT2D eigenvalue weighted by atomic mass is 9.93. The Morgan fingerprint density at radius 3 is 2.15 bits per heavy atom. The molecule has 6 heteroatoms. The number of nitrogens with one attached hydrogen (secondary N) is 2. The molecule has 1 aromatic carbocycles. The fourth-order valence-electron chi connectivity index (χ4n) is 4.97. The first kappa shape index (κ1) is 18.0. The predicted octanol–water partition coefficient (Wildman–Crippen LogP) is 0.0880. The van der Waals surface area contributed by atoms with Gasteiger partial charge in [0.2, 0.25) is 5.91 Å². The van der Waals surface area contributed by atoms with Gasteiger partial charge in [-0.15, -0.1) is 0 Å². The fourth-order valence-corrected chi connectivity index (χ4v) is 5.10. The van der Waals surface area contributed by atoms with Crippen LogP contribution in [0.2, 0.25) is 5.02 Å². The highest BCUT2D eigenvalue weighted by molar-refractivity contribution is 6.30. The van der Waals surface area contributed by atoms with Crippen LogP contribution in [0, 0.1) is 0 Å². The molecule has 2 aliphatic heterocycles. The van der Waals surface area contributed by atoms with Gasteiger partial charge >= 0.3 is 0 Å². The van der Waals surface area contributed by atoms with E-state index in [1.807, 2.05) is 0 Å². The van der Waals surface area contributed by atoms with Crippen molar-refractivity contribution in [2.75, 3.05) is 31.1 Å². The van der Waals surface area contributed by atoms with E-state index in [4.69, 9.17) is 11.6 Å². The standard InChI is InChI=1S/C20H26ClN3O2/c21-15-6-8-17(9-7-15)24-19(25)14-18(20(24)26)23-12-10-22(11-13-23)16-4-2-1-3-5-16/h6-9,16,18H,1-5,10-14H2/p+2/t18-/m1/s1. The topological polar surface area (TPSA) is 46.3 Å². The summed E-state index contributed by atoms with van der Waals surface area (Å²) >= 11 is 5.92. The number of rotatable bonds is 3. The van der Waals surface area contributed by atoms with Gasteiger partial charge in [-0.25, -0.2) is 4.90 Å². The zero-order chi connectivity index (χ0) is 18.1. The van der Waals surface area contributed by atoms with E-state index in [0.29, 0.717) is 17.1 Å². The van der Waals surface area contributed by atoms with E-state index in [1.165, 1.54) is 41.9 Å². The molecule has 4 rings (SSSR count). The zero-order valence-corrected chi connectivity index (χ0v) is 15.9. The second-order valence-corrected chi connectivity index (χ2v) is 8.39. The monoisotopic (exact) mass is 377 g/mol. The van der Waals surface area contributed by atoms with Crippen molar-refractivity contribution in [3.8, 4) is 0 Å². The Hall–Kier alpha value is -1.43. The lowest BCUT2D eigenvalue weighted by Crippen LogP contribution is -3.31. The molecule has 2 amide bonds. The number of amides is 2. The summed E-state index contributed by atoms with van der Waals surface area (Å²) in [7, 11) is 0. The maximum atomic E-state index is 12.9. The summed E-state index contributed by atoms with van der Waals surface area (Å²) in [6, 6.07) is 7.55. The number of carbonyl (C=O) groups excluding carboxylic acids is 2. The molecule has 1 atom stereocenters. The van der Waals surface area contributed by atoms with E-state index in [1.54, 1.807) is 29.2 Å². The molecule has 2 saturated heterocycles. The molecular formula is C20H28ClN3O2+2. The van der Waals surface area contributed by atoms with Crippen LogP contribution in [0.15, 0.2) is 24.3 Å². The number of benzene rings is 1. The molecule has 2 N–H and O–H groups in total. The minimum Gasteiger partial charge on any atom is -0.323 e. The first-order valence-corrected chi connectivity index (χ1v) is 10.3. The highest BCUT2D eigenvalue weighted by Gasteiger charge is 2.47. The molecule has 5 nitrogen and oxygen atoms in total. The molecule has 2 heterocycles. The number of halogens is 1. The van der Waals surface area contributed by atoms with Crippen LogP contribution in [0.1, 0.15) is 38.5 Å². The first-order valence-electron chi connectivity index (χ1n) is 9.95. The Bertz CT molecular complexity index is 664. The molecule has 0 bridgehead atoms. The van der Waals surface area contributed by atoms with Crippen LogP contribution in [-0.2, 0) is 9.59 Å². The second-order valence-electron chi connectivity index (χ2n) is 7.95. The van der Waals surface area contributed by atoms with Crippen molar-refractivity contribution in [2.45, 2.75) is 50.6 Å². The Morgan fingerprint density at radius 1 is 0.885 bits per heavy atom. The number of piperazine rings is 1. The van der Waals surface area contributed by atoms with Crippen molar-refractivity contribution in [2.24, 2.45) is 0 Å². The zero-order valence-electron chi connectivity index (χ0n) is 15.2. The van der Waals surface area contributed by atoms with Crippen LogP contribution < -0.4 is 14.7 Å². The minimum absolute atomic E-state index is 0.0477. The van der Waals surface area contributed by atoms with Crippen molar-refractivity contribution >= 4 is 29.1 Å². The summed E-state index contributed by atoms with van der Waals surface area (Å²) in [5, 5.41) is 0.608. The largest absolute Gasteiger partial charge is 0.323 e. The third-order valence-corrected chi connectivity index (χ3v) is 6.69. The lowest BCUT2D eigenvalue weighted by molar-refractivity contribution is -1.03. The number of nitrogens with zero attached hydrogens (tertiary/aromatic N) is 1. The molecule has 1 aromatic rings. The summed E-state index contributed by atoms with van der Waals surface area (Å²) in [5.74, 6) is -0.134. The average molecular weight is 378 g/mol. The van der Waals surface area contributed by atoms with Crippen molar-refractivity contribution in [1.82, 2.24) is 0 Å². The summed E-state index contributed by atoms with van der Waals surface area (Å²) < 4.78 is 0. The Labute approximate surface area is 159 Å². The van der Waals surface area contributed by atoms with E-state index in [0.717, 1.165) is 32.2 Å². The van der Waals surface area contributed by atoms with Crippen LogP contribution >= 0.6 is 11.6 Å². The summed E-state index contributed by atoms with van der Waals surface area (Å²) in [6.45, 7) is 4.23. The number of imide groups is 1. The summed E-state index contributed by atoms with van der Waals surface area (Å²) in [4.78, 5) is 29.8. The molecule has 1 aliphatic carbocycles. The van der Waals surface area contributed by atoms with E-state index < -0.39 is 0 Å². The quantitative estimate of drug-likeness (QED) is 0.733. The third-order valence-electron chi connectivity index (χ3n) is 6.44. The average Bonchev–Trinajstić information content (AvgIpc) is 2.98. The predicted molar refractivity (Wildman–Crippen MR) is 101 cm³/mol. The lowest BCUT2D eigenvalue weighted by Gasteiger charge is -2.37. The highest BCUT2D eigenvalue weighted by atomic mass is 35.5. The normalized spacial score (nSPS) is 30.8. The molecule has 0 radical (unpaired) electrons. The van der Waals surface area contributed by atoms with Gasteiger partial charge in [0.15, 0.2) is 6.04 Å². The Kier molecular flexibility index (Phi) is 5.30. The van der Waals surface area contributed by atoms with Gasteiger partial charge in [0.05, 0.1) is 18.2 Å². The molecule has 140 valence electrons. The van der Waals surface area contributed by atoms with Gasteiger partial charge in [-0.05, 0) is 49.9 Å². The summed E-state index contributed by atoms with van der Waals surface area (Å²) in [5.41, 5.74) is 0.637. The number of quaternary nitrogens is 2. The van der Waals surface area contributed by atoms with Gasteiger partial charge in [0, 0.05) is 5.02 Å². The van der Waals surface area contributed by atoms with Crippen molar-refractivity contribution in [3.63, 3.8) is 0 Å². The van der Waals surface area contributed by atoms with Gasteiger partial charge in [0.25, 0.3) is 5.91 Å². The minimum atomic E-state index is -0.217. The van der Waals surface area contributed by atoms with E-state index in [9.17, 15) is 9.59 Å². The van der Waals surface area contributed by atoms with E-state index in [2.05, 4.69) is 0 Å². The second kappa shape index (κ2) is 7.67. The fraction of sp³-hybridized carbons (Fsp3) is 0.600. The van der Waals surface area contributed by atoms with Crippen LogP contribution in [-0.4, -0.2) is 50.1 Å². The molecule has 0 aromatic heterocycles. The molecule has 0 spiro atoms. The number of hydrogen-bond acceptors (Lipinski definition) is 2. The number of carbonyl (C=O) groups is 2. The summed E-state index contributed by atoms with van der Waals surface area (Å²) in [6.07, 6.45) is 7.18. The molecule has 3 fully saturated rings. The molecular weight excluding hydrogens is 350 g/mol. The smallest absolute Gasteiger partial charge is 0.292 e. The van der Waals surface area contributed by atoms with Gasteiger partial charge in [-0.1, -0.05) is 18.0 Å². The Morgan fingerprint density at radius 2 is 1.50 bits per heavy atom. The molecule has 3 aliphatic rings. The van der Waals surface area contributed by atoms with Crippen molar-refractivity contribution in [3.05, 3.63) is 29.3 Å². The first-order chi connectivity index (χ1) is 12.6. The van der Waals surface area contributed by atoms with Crippen LogP contribution in [0.5, 0.6) is 0 Å². The van der Waals surface area contributed by atoms with Crippen molar-refractivity contribution < 1.29 is 19.4 Å². The van der Waals surface area contributed by atoms with Crippen molar-refractivity contribution in [1.29, 1.82) is 0 Å². The van der Waals surface area contributed by atoms with Crippen LogP contribution in [0.25, 0.3) is 0 Å². The highest BCUT2D eigenvalue weighted by Crippen LogP contribution is 2.23. The maximum absolute atomic E-state index is 12.9. The van der Waals surface area contributed by atoms with Gasteiger partial charge in [0.1, 0.15) is 26.2 Å². The number of hydrogen-bond donors (Lipinski definition) is 2. The van der Waals surface area contributed by atoms with Crippen LogP contribution in [0.4, 0.5) is 5.69 Å².